The highest BCUT2D eigenvalue weighted by Crippen LogP contribution is 2.27. The number of nitrogens with two attached hydrogens (primary N) is 1. The van der Waals surface area contributed by atoms with Crippen molar-refractivity contribution in [3.05, 3.63) is 23.8 Å². The Labute approximate surface area is 89.7 Å². The number of rotatable bonds is 2. The van der Waals surface area contributed by atoms with Gasteiger partial charge in [0.05, 0.1) is 11.4 Å². The van der Waals surface area contributed by atoms with E-state index >= 15 is 0 Å². The second kappa shape index (κ2) is 4.07. The average molecular weight is 214 g/mol. The third kappa shape index (κ3) is 2.53. The molecule has 0 spiro atoms. The van der Waals surface area contributed by atoms with Crippen molar-refractivity contribution in [1.29, 1.82) is 0 Å². The smallest absolute Gasteiger partial charge is 0.0729 e. The summed E-state index contributed by atoms with van der Waals surface area (Å²) in [5, 5.41) is 0. The van der Waals surface area contributed by atoms with Crippen LogP contribution in [0, 0.1) is 0 Å². The molecule has 3 nitrogen and oxygen atoms in total. The maximum absolute atomic E-state index is 5.84. The van der Waals surface area contributed by atoms with E-state index in [9.17, 15) is 0 Å². The molecule has 1 aromatic rings. The first-order chi connectivity index (χ1) is 6.45. The summed E-state index contributed by atoms with van der Waals surface area (Å²) in [5.74, 6) is 0. The third-order valence-corrected chi connectivity index (χ3v) is 2.19. The molecule has 1 aromatic carbocycles. The van der Waals surface area contributed by atoms with E-state index in [-0.39, 0.29) is 5.41 Å². The highest BCUT2D eigenvalue weighted by Gasteiger charge is 2.14. The molecule has 0 fully saturated rings. The van der Waals surface area contributed by atoms with Crippen LogP contribution in [0.25, 0.3) is 0 Å². The lowest BCUT2D eigenvalue weighted by Crippen LogP contribution is -2.14. The van der Waals surface area contributed by atoms with Crippen molar-refractivity contribution < 1.29 is 0 Å². The van der Waals surface area contributed by atoms with E-state index in [0.717, 1.165) is 5.69 Å². The Kier molecular flexibility index (Phi) is 3.24. The van der Waals surface area contributed by atoms with E-state index < -0.39 is 0 Å². The molecule has 0 atom stereocenters. The van der Waals surface area contributed by atoms with E-state index in [4.69, 9.17) is 17.5 Å². The quantitative estimate of drug-likeness (QED) is 0.402. The molecule has 0 heterocycles. The van der Waals surface area contributed by atoms with Gasteiger partial charge in [-0.2, -0.15) is 0 Å². The van der Waals surface area contributed by atoms with Crippen molar-refractivity contribution in [2.75, 3.05) is 11.2 Å². The Hall–Kier alpha value is -0.930. The molecule has 78 valence electrons. The van der Waals surface area contributed by atoms with Crippen molar-refractivity contribution in [1.82, 2.24) is 4.94 Å². The van der Waals surface area contributed by atoms with Gasteiger partial charge in [0, 0.05) is 0 Å². The number of hydrogen-bond acceptors (Lipinski definition) is 3. The fourth-order valence-electron chi connectivity index (χ4n) is 1.19. The average Bonchev–Trinajstić information content (AvgIpc) is 2.07. The normalized spacial score (nSPS) is 11.4. The molecule has 0 amide bonds. The van der Waals surface area contributed by atoms with Gasteiger partial charge >= 0.3 is 0 Å². The molecule has 0 unspecified atom stereocenters. The van der Waals surface area contributed by atoms with E-state index in [2.05, 4.69) is 31.1 Å². The van der Waals surface area contributed by atoms with Gasteiger partial charge in [0.25, 0.3) is 0 Å². The molecule has 0 bridgehead atoms. The molecule has 1 rings (SSSR count). The third-order valence-electron chi connectivity index (χ3n) is 2.10. The van der Waals surface area contributed by atoms with E-state index in [0.29, 0.717) is 5.69 Å². The Balaban J connectivity index is 3.01. The summed E-state index contributed by atoms with van der Waals surface area (Å²) < 4.78 is 0. The number of benzene rings is 1. The molecule has 0 aliphatic carbocycles. The van der Waals surface area contributed by atoms with Crippen molar-refractivity contribution in [3.8, 4) is 0 Å². The Morgan fingerprint density at radius 1 is 1.29 bits per heavy atom. The minimum Gasteiger partial charge on any atom is -0.397 e. The first-order valence-electron chi connectivity index (χ1n) is 4.47. The monoisotopic (exact) mass is 213 g/mol. The van der Waals surface area contributed by atoms with E-state index in [1.165, 1.54) is 5.56 Å². The highest BCUT2D eigenvalue weighted by molar-refractivity contribution is 6.14. The van der Waals surface area contributed by atoms with Crippen LogP contribution < -0.4 is 16.1 Å². The van der Waals surface area contributed by atoms with Gasteiger partial charge in [-0.05, 0) is 34.9 Å². The molecule has 0 saturated carbocycles. The fourth-order valence-corrected chi connectivity index (χ4v) is 1.30. The van der Waals surface area contributed by atoms with Crippen LogP contribution in [-0.2, 0) is 5.41 Å². The second-order valence-corrected chi connectivity index (χ2v) is 4.46. The SMILES string of the molecule is CC(C)(C)c1ccc(NNCl)c(N)c1. The zero-order valence-electron chi connectivity index (χ0n) is 8.69. The fraction of sp³-hybridized carbons (Fsp3) is 0.400. The summed E-state index contributed by atoms with van der Waals surface area (Å²) >= 11 is 5.32. The lowest BCUT2D eigenvalue weighted by atomic mass is 9.87. The summed E-state index contributed by atoms with van der Waals surface area (Å²) in [4.78, 5) is 2.33. The summed E-state index contributed by atoms with van der Waals surface area (Å²) in [6.07, 6.45) is 0. The molecule has 0 aliphatic rings. The molecule has 0 saturated heterocycles. The molecule has 0 radical (unpaired) electrons. The predicted molar refractivity (Wildman–Crippen MR) is 62.2 cm³/mol. The topological polar surface area (TPSA) is 50.1 Å². The maximum atomic E-state index is 5.84. The summed E-state index contributed by atoms with van der Waals surface area (Å²) in [6.45, 7) is 6.44. The minimum absolute atomic E-state index is 0.112. The van der Waals surface area contributed by atoms with Gasteiger partial charge in [-0.15, -0.1) is 4.94 Å². The largest absolute Gasteiger partial charge is 0.397 e. The standard InChI is InChI=1S/C10H16ClN3/c1-10(2,3)7-4-5-9(13-14-11)8(12)6-7/h4-6,13-14H,12H2,1-3H3. The first kappa shape index (κ1) is 11.1. The Morgan fingerprint density at radius 3 is 2.36 bits per heavy atom. The molecule has 0 aliphatic heterocycles. The van der Waals surface area contributed by atoms with Gasteiger partial charge in [-0.1, -0.05) is 26.8 Å². The number of hydrazine groups is 1. The van der Waals surface area contributed by atoms with Crippen LogP contribution in [0.2, 0.25) is 0 Å². The highest BCUT2D eigenvalue weighted by atomic mass is 35.5. The van der Waals surface area contributed by atoms with E-state index in [1.54, 1.807) is 0 Å². The molecule has 4 N–H and O–H groups in total. The zero-order chi connectivity index (χ0) is 10.8. The lowest BCUT2D eigenvalue weighted by molar-refractivity contribution is 0.590. The maximum Gasteiger partial charge on any atom is 0.0729 e. The molecule has 4 heteroatoms. The van der Waals surface area contributed by atoms with Crippen LogP contribution in [0.15, 0.2) is 18.2 Å². The summed E-state index contributed by atoms with van der Waals surface area (Å²) in [5.41, 5.74) is 11.4. The molecule has 14 heavy (non-hydrogen) atoms. The van der Waals surface area contributed by atoms with Crippen molar-refractivity contribution in [2.45, 2.75) is 26.2 Å². The lowest BCUT2D eigenvalue weighted by Gasteiger charge is -2.20. The van der Waals surface area contributed by atoms with E-state index in [1.807, 2.05) is 18.2 Å². The van der Waals surface area contributed by atoms with Crippen LogP contribution in [0.4, 0.5) is 11.4 Å². The van der Waals surface area contributed by atoms with Crippen LogP contribution in [0.5, 0.6) is 0 Å². The first-order valence-corrected chi connectivity index (χ1v) is 4.84. The van der Waals surface area contributed by atoms with Crippen LogP contribution in [-0.4, -0.2) is 0 Å². The van der Waals surface area contributed by atoms with Crippen molar-refractivity contribution >= 4 is 23.2 Å². The summed E-state index contributed by atoms with van der Waals surface area (Å²) in [6, 6.07) is 5.90. The Morgan fingerprint density at radius 2 is 1.93 bits per heavy atom. The number of hydrogen-bond donors (Lipinski definition) is 3. The van der Waals surface area contributed by atoms with Gasteiger partial charge in [-0.3, -0.25) is 0 Å². The van der Waals surface area contributed by atoms with Gasteiger partial charge in [0.1, 0.15) is 0 Å². The van der Waals surface area contributed by atoms with Gasteiger partial charge in [0.15, 0.2) is 0 Å². The number of anilines is 2. The second-order valence-electron chi connectivity index (χ2n) is 4.27. The Bertz CT molecular complexity index is 318. The molecular formula is C10H16ClN3. The number of nitrogen functional groups attached to an aromatic ring is 1. The van der Waals surface area contributed by atoms with Gasteiger partial charge < -0.3 is 11.2 Å². The number of halogens is 1. The predicted octanol–water partition coefficient (Wildman–Crippen LogP) is 2.64. The summed E-state index contributed by atoms with van der Waals surface area (Å²) in [7, 11) is 0. The van der Waals surface area contributed by atoms with Gasteiger partial charge in [-0.25, -0.2) is 0 Å². The zero-order valence-corrected chi connectivity index (χ0v) is 9.44. The van der Waals surface area contributed by atoms with Crippen LogP contribution >= 0.6 is 11.8 Å². The molecule has 0 aromatic heterocycles. The van der Waals surface area contributed by atoms with Crippen LogP contribution in [0.1, 0.15) is 26.3 Å². The molecular weight excluding hydrogens is 198 g/mol. The van der Waals surface area contributed by atoms with Crippen LogP contribution in [0.3, 0.4) is 0 Å². The minimum atomic E-state index is 0.112. The number of nitrogens with one attached hydrogen (secondary N) is 2. The van der Waals surface area contributed by atoms with Crippen molar-refractivity contribution in [3.63, 3.8) is 0 Å². The van der Waals surface area contributed by atoms with Crippen molar-refractivity contribution in [2.24, 2.45) is 0 Å². The van der Waals surface area contributed by atoms with Gasteiger partial charge in [0.2, 0.25) is 0 Å².